The molecule has 2 N–H and O–H groups in total. The molecule has 0 fully saturated rings. The van der Waals surface area contributed by atoms with E-state index in [9.17, 15) is 5.11 Å². The minimum Gasteiger partial charge on any atom is -0.507 e. The number of nitrogens with one attached hydrogen (secondary N) is 1. The first-order valence-corrected chi connectivity index (χ1v) is 7.18. The van der Waals surface area contributed by atoms with Crippen molar-refractivity contribution in [3.05, 3.63) is 23.8 Å². The number of benzene rings is 1. The number of thioether (sulfide) groups is 1. The molecule has 1 aromatic carbocycles. The van der Waals surface area contributed by atoms with E-state index < -0.39 is 0 Å². The van der Waals surface area contributed by atoms with E-state index in [1.807, 2.05) is 23.9 Å². The maximum atomic E-state index is 9.81. The maximum absolute atomic E-state index is 9.81. The van der Waals surface area contributed by atoms with Crippen molar-refractivity contribution in [1.29, 1.82) is 0 Å². The lowest BCUT2D eigenvalue weighted by molar-refractivity contribution is 0.405. The van der Waals surface area contributed by atoms with E-state index in [2.05, 4.69) is 18.5 Å². The molecule has 0 aliphatic heterocycles. The molecule has 0 amide bonds. The van der Waals surface area contributed by atoms with Crippen molar-refractivity contribution in [1.82, 2.24) is 5.32 Å². The second-order valence-corrected chi connectivity index (χ2v) is 4.85. The van der Waals surface area contributed by atoms with Crippen LogP contribution in [0.25, 0.3) is 0 Å². The van der Waals surface area contributed by atoms with Gasteiger partial charge in [0.2, 0.25) is 0 Å². The summed E-state index contributed by atoms with van der Waals surface area (Å²) in [5.74, 6) is 2.06. The zero-order valence-electron chi connectivity index (χ0n) is 10.7. The van der Waals surface area contributed by atoms with Gasteiger partial charge in [-0.05, 0) is 18.7 Å². The van der Waals surface area contributed by atoms with Crippen LogP contribution in [0.4, 0.5) is 0 Å². The molecule has 0 saturated heterocycles. The molecule has 0 radical (unpaired) electrons. The Bertz CT molecular complexity index is 344. The normalized spacial score (nSPS) is 12.4. The second-order valence-electron chi connectivity index (χ2n) is 3.94. The minimum atomic E-state index is 0.288. The smallest absolute Gasteiger partial charge is 0.123 e. The summed E-state index contributed by atoms with van der Waals surface area (Å²) >= 11 is 1.83. The summed E-state index contributed by atoms with van der Waals surface area (Å²) in [5, 5.41) is 13.3. The zero-order chi connectivity index (χ0) is 12.7. The Labute approximate surface area is 108 Å². The predicted octanol–water partition coefficient (Wildman–Crippen LogP) is 2.63. The number of ether oxygens (including phenoxy) is 1. The fourth-order valence-electron chi connectivity index (χ4n) is 1.60. The summed E-state index contributed by atoms with van der Waals surface area (Å²) in [6, 6.07) is 5.90. The summed E-state index contributed by atoms with van der Waals surface area (Å²) in [4.78, 5) is 0. The Morgan fingerprint density at radius 1 is 1.47 bits per heavy atom. The van der Waals surface area contributed by atoms with E-state index in [1.165, 1.54) is 0 Å². The van der Waals surface area contributed by atoms with Crippen molar-refractivity contribution in [2.75, 3.05) is 19.1 Å². The lowest BCUT2D eigenvalue weighted by Crippen LogP contribution is -2.30. The monoisotopic (exact) mass is 255 g/mol. The minimum absolute atomic E-state index is 0.288. The number of phenols is 1. The molecule has 96 valence electrons. The SMILES string of the molecule is CCC(CSC)NCc1ccc(OC)cc1O. The van der Waals surface area contributed by atoms with Gasteiger partial charge in [0.1, 0.15) is 11.5 Å². The van der Waals surface area contributed by atoms with Gasteiger partial charge in [0.15, 0.2) is 0 Å². The number of aromatic hydroxyl groups is 1. The van der Waals surface area contributed by atoms with Crippen LogP contribution in [0.5, 0.6) is 11.5 Å². The van der Waals surface area contributed by atoms with Crippen LogP contribution in [0, 0.1) is 0 Å². The third kappa shape index (κ3) is 4.48. The van der Waals surface area contributed by atoms with Gasteiger partial charge in [-0.15, -0.1) is 0 Å². The average Bonchev–Trinajstić information content (AvgIpc) is 2.35. The van der Waals surface area contributed by atoms with Crippen LogP contribution in [0.1, 0.15) is 18.9 Å². The van der Waals surface area contributed by atoms with Crippen LogP contribution >= 0.6 is 11.8 Å². The zero-order valence-corrected chi connectivity index (χ0v) is 11.5. The molecule has 1 rings (SSSR count). The molecule has 0 spiro atoms. The Kier molecular flexibility index (Phi) is 6.22. The van der Waals surface area contributed by atoms with E-state index >= 15 is 0 Å². The van der Waals surface area contributed by atoms with Crippen molar-refractivity contribution in [2.24, 2.45) is 0 Å². The average molecular weight is 255 g/mol. The molecule has 0 saturated carbocycles. The third-order valence-electron chi connectivity index (χ3n) is 2.73. The number of hydrogen-bond donors (Lipinski definition) is 2. The summed E-state index contributed by atoms with van der Waals surface area (Å²) in [7, 11) is 1.60. The summed E-state index contributed by atoms with van der Waals surface area (Å²) in [6.07, 6.45) is 3.20. The summed E-state index contributed by atoms with van der Waals surface area (Å²) < 4.78 is 5.05. The fourth-order valence-corrected chi connectivity index (χ4v) is 2.35. The molecular formula is C13H21NO2S. The Hall–Kier alpha value is -0.870. The van der Waals surface area contributed by atoms with Crippen LogP contribution in [0.2, 0.25) is 0 Å². The van der Waals surface area contributed by atoms with E-state index in [-0.39, 0.29) is 5.75 Å². The topological polar surface area (TPSA) is 41.5 Å². The fraction of sp³-hybridized carbons (Fsp3) is 0.538. The van der Waals surface area contributed by atoms with Crippen molar-refractivity contribution >= 4 is 11.8 Å². The van der Waals surface area contributed by atoms with Crippen molar-refractivity contribution < 1.29 is 9.84 Å². The molecule has 0 heterocycles. The van der Waals surface area contributed by atoms with Crippen LogP contribution < -0.4 is 10.1 Å². The first-order chi connectivity index (χ1) is 8.21. The van der Waals surface area contributed by atoms with Crippen LogP contribution in [0.3, 0.4) is 0 Å². The molecule has 1 atom stereocenters. The van der Waals surface area contributed by atoms with Crippen LogP contribution in [0.15, 0.2) is 18.2 Å². The third-order valence-corrected chi connectivity index (χ3v) is 3.47. The highest BCUT2D eigenvalue weighted by molar-refractivity contribution is 7.98. The van der Waals surface area contributed by atoms with Gasteiger partial charge in [-0.1, -0.05) is 13.0 Å². The van der Waals surface area contributed by atoms with Gasteiger partial charge in [-0.2, -0.15) is 11.8 Å². The molecular weight excluding hydrogens is 234 g/mol. The van der Waals surface area contributed by atoms with Gasteiger partial charge in [-0.3, -0.25) is 0 Å². The lowest BCUT2D eigenvalue weighted by atomic mass is 10.1. The number of hydrogen-bond acceptors (Lipinski definition) is 4. The largest absolute Gasteiger partial charge is 0.507 e. The van der Waals surface area contributed by atoms with E-state index in [0.717, 1.165) is 17.7 Å². The molecule has 1 unspecified atom stereocenters. The molecule has 4 heteroatoms. The van der Waals surface area contributed by atoms with E-state index in [1.54, 1.807) is 13.2 Å². The van der Waals surface area contributed by atoms with Crippen molar-refractivity contribution in [3.63, 3.8) is 0 Å². The van der Waals surface area contributed by atoms with Gasteiger partial charge in [-0.25, -0.2) is 0 Å². The first kappa shape index (κ1) is 14.2. The Morgan fingerprint density at radius 3 is 2.76 bits per heavy atom. The molecule has 17 heavy (non-hydrogen) atoms. The first-order valence-electron chi connectivity index (χ1n) is 5.79. The predicted molar refractivity (Wildman–Crippen MR) is 74.0 cm³/mol. The second kappa shape index (κ2) is 7.45. The Balaban J connectivity index is 2.56. The molecule has 0 aliphatic rings. The molecule has 0 aromatic heterocycles. The van der Waals surface area contributed by atoms with Gasteiger partial charge in [0.05, 0.1) is 7.11 Å². The van der Waals surface area contributed by atoms with Crippen molar-refractivity contribution in [3.8, 4) is 11.5 Å². The lowest BCUT2D eigenvalue weighted by Gasteiger charge is -2.16. The summed E-state index contributed by atoms with van der Waals surface area (Å²) in [5.41, 5.74) is 0.908. The number of rotatable bonds is 7. The molecule has 3 nitrogen and oxygen atoms in total. The van der Waals surface area contributed by atoms with Crippen LogP contribution in [-0.2, 0) is 6.54 Å². The van der Waals surface area contributed by atoms with Gasteiger partial charge in [0, 0.05) is 30.0 Å². The highest BCUT2D eigenvalue weighted by Crippen LogP contribution is 2.23. The van der Waals surface area contributed by atoms with E-state index in [0.29, 0.717) is 18.3 Å². The maximum Gasteiger partial charge on any atom is 0.123 e. The molecule has 0 aliphatic carbocycles. The van der Waals surface area contributed by atoms with Crippen LogP contribution in [-0.4, -0.2) is 30.3 Å². The van der Waals surface area contributed by atoms with Gasteiger partial charge in [0.25, 0.3) is 0 Å². The molecule has 0 bridgehead atoms. The van der Waals surface area contributed by atoms with Gasteiger partial charge >= 0.3 is 0 Å². The van der Waals surface area contributed by atoms with Gasteiger partial charge < -0.3 is 15.2 Å². The Morgan fingerprint density at radius 2 is 2.24 bits per heavy atom. The highest BCUT2D eigenvalue weighted by Gasteiger charge is 2.07. The molecule has 1 aromatic rings. The highest BCUT2D eigenvalue weighted by atomic mass is 32.2. The number of phenolic OH excluding ortho intramolecular Hbond substituents is 1. The quantitative estimate of drug-likeness (QED) is 0.786. The van der Waals surface area contributed by atoms with Crippen molar-refractivity contribution in [2.45, 2.75) is 25.9 Å². The summed E-state index contributed by atoms with van der Waals surface area (Å²) in [6.45, 7) is 2.86. The van der Waals surface area contributed by atoms with E-state index in [4.69, 9.17) is 4.74 Å². The number of methoxy groups -OCH3 is 1. The standard InChI is InChI=1S/C13H21NO2S/c1-4-11(9-17-3)14-8-10-5-6-12(16-2)7-13(10)15/h5-7,11,14-15H,4,8-9H2,1-3H3.